The Hall–Kier alpha value is -2.00. The molecule has 0 radical (unpaired) electrons. The molecule has 2 aromatic rings. The van der Waals surface area contributed by atoms with Crippen molar-refractivity contribution in [3.63, 3.8) is 0 Å². The smallest absolute Gasteiger partial charge is 0.251 e. The molecule has 3 N–H and O–H groups in total. The molecule has 0 bridgehead atoms. The summed E-state index contributed by atoms with van der Waals surface area (Å²) in [6.45, 7) is 2.30. The van der Waals surface area contributed by atoms with Crippen LogP contribution in [0.2, 0.25) is 5.02 Å². The number of nitrogens with two attached hydrogens (primary N) is 1. The van der Waals surface area contributed by atoms with E-state index in [1.54, 1.807) is 30.3 Å². The van der Waals surface area contributed by atoms with Gasteiger partial charge in [0.25, 0.3) is 5.91 Å². The molecule has 19 heavy (non-hydrogen) atoms. The molecule has 0 unspecified atom stereocenters. The molecular weight excluding hydrogens is 260 g/mol. The zero-order valence-electron chi connectivity index (χ0n) is 10.6. The zero-order valence-corrected chi connectivity index (χ0v) is 11.4. The summed E-state index contributed by atoms with van der Waals surface area (Å²) in [6, 6.07) is 12.7. The molecule has 0 saturated carbocycles. The third-order valence-corrected chi connectivity index (χ3v) is 3.24. The number of benzene rings is 2. The van der Waals surface area contributed by atoms with Gasteiger partial charge in [-0.3, -0.25) is 4.79 Å². The number of hydrogen-bond acceptors (Lipinski definition) is 2. The third-order valence-electron chi connectivity index (χ3n) is 2.99. The number of amides is 1. The average molecular weight is 275 g/mol. The van der Waals surface area contributed by atoms with Crippen molar-refractivity contribution in [3.8, 4) is 0 Å². The molecule has 0 aromatic heterocycles. The molecular formula is C15H15ClN2O. The van der Waals surface area contributed by atoms with Crippen LogP contribution in [0.15, 0.2) is 42.5 Å². The van der Waals surface area contributed by atoms with E-state index in [1.165, 1.54) is 0 Å². The van der Waals surface area contributed by atoms with Crippen molar-refractivity contribution < 1.29 is 4.79 Å². The Morgan fingerprint density at radius 2 is 1.89 bits per heavy atom. The molecule has 0 fully saturated rings. The topological polar surface area (TPSA) is 55.1 Å². The van der Waals surface area contributed by atoms with Gasteiger partial charge in [0.15, 0.2) is 0 Å². The van der Waals surface area contributed by atoms with Gasteiger partial charge >= 0.3 is 0 Å². The average Bonchev–Trinajstić information content (AvgIpc) is 2.41. The van der Waals surface area contributed by atoms with Gasteiger partial charge in [-0.2, -0.15) is 0 Å². The molecule has 0 aliphatic rings. The molecule has 2 aromatic carbocycles. The van der Waals surface area contributed by atoms with Crippen LogP contribution >= 0.6 is 11.6 Å². The van der Waals surface area contributed by atoms with Crippen molar-refractivity contribution in [1.29, 1.82) is 0 Å². The molecule has 0 heterocycles. The first-order valence-corrected chi connectivity index (χ1v) is 6.33. The summed E-state index contributed by atoms with van der Waals surface area (Å²) >= 11 is 5.81. The second kappa shape index (κ2) is 5.76. The Labute approximate surface area is 117 Å². The first kappa shape index (κ1) is 13.4. The summed E-state index contributed by atoms with van der Waals surface area (Å²) in [4.78, 5) is 12.1. The summed E-state index contributed by atoms with van der Waals surface area (Å²) in [5, 5.41) is 3.55. The maximum absolute atomic E-state index is 12.1. The normalized spacial score (nSPS) is 10.2. The Balaban J connectivity index is 2.05. The molecule has 0 atom stereocenters. The van der Waals surface area contributed by atoms with Gasteiger partial charge in [0.1, 0.15) is 0 Å². The fraction of sp³-hybridized carbons (Fsp3) is 0.133. The SMILES string of the molecule is Cc1c(N)cccc1C(=O)NCc1ccc(Cl)cc1. The van der Waals surface area contributed by atoms with Gasteiger partial charge in [-0.1, -0.05) is 29.8 Å². The minimum absolute atomic E-state index is 0.125. The predicted molar refractivity (Wildman–Crippen MR) is 78.2 cm³/mol. The van der Waals surface area contributed by atoms with Crippen LogP contribution in [-0.2, 0) is 6.54 Å². The number of nitrogens with one attached hydrogen (secondary N) is 1. The Morgan fingerprint density at radius 3 is 2.58 bits per heavy atom. The number of halogens is 1. The maximum atomic E-state index is 12.1. The fourth-order valence-corrected chi connectivity index (χ4v) is 1.91. The van der Waals surface area contributed by atoms with Gasteiger partial charge in [-0.25, -0.2) is 0 Å². The molecule has 0 spiro atoms. The third kappa shape index (κ3) is 3.26. The van der Waals surface area contributed by atoms with Crippen LogP contribution in [0.3, 0.4) is 0 Å². The van der Waals surface area contributed by atoms with Crippen molar-refractivity contribution in [1.82, 2.24) is 5.32 Å². The van der Waals surface area contributed by atoms with E-state index in [4.69, 9.17) is 17.3 Å². The quantitative estimate of drug-likeness (QED) is 0.845. The maximum Gasteiger partial charge on any atom is 0.251 e. The standard InChI is InChI=1S/C15H15ClN2O/c1-10-13(3-2-4-14(10)17)15(19)18-9-11-5-7-12(16)8-6-11/h2-8H,9,17H2,1H3,(H,18,19). The van der Waals surface area contributed by atoms with Crippen molar-refractivity contribution in [2.75, 3.05) is 5.73 Å². The predicted octanol–water partition coefficient (Wildman–Crippen LogP) is 3.16. The zero-order chi connectivity index (χ0) is 13.8. The first-order valence-electron chi connectivity index (χ1n) is 5.95. The summed E-state index contributed by atoms with van der Waals surface area (Å²) in [5.41, 5.74) is 8.82. The van der Waals surface area contributed by atoms with E-state index in [2.05, 4.69) is 5.32 Å². The van der Waals surface area contributed by atoms with Crippen LogP contribution in [0, 0.1) is 6.92 Å². The minimum atomic E-state index is -0.125. The summed E-state index contributed by atoms with van der Waals surface area (Å²) < 4.78 is 0. The summed E-state index contributed by atoms with van der Waals surface area (Å²) in [5.74, 6) is -0.125. The van der Waals surface area contributed by atoms with Crippen molar-refractivity contribution in [2.24, 2.45) is 0 Å². The lowest BCUT2D eigenvalue weighted by Crippen LogP contribution is -2.23. The highest BCUT2D eigenvalue weighted by Crippen LogP contribution is 2.15. The highest BCUT2D eigenvalue weighted by molar-refractivity contribution is 6.30. The van der Waals surface area contributed by atoms with E-state index < -0.39 is 0 Å². The van der Waals surface area contributed by atoms with Gasteiger partial charge in [-0.15, -0.1) is 0 Å². The van der Waals surface area contributed by atoms with Gasteiger partial charge in [0, 0.05) is 22.8 Å². The fourth-order valence-electron chi connectivity index (χ4n) is 1.78. The van der Waals surface area contributed by atoms with Crippen molar-refractivity contribution >= 4 is 23.2 Å². The molecule has 0 saturated heterocycles. The number of anilines is 1. The van der Waals surface area contributed by atoms with E-state index in [1.807, 2.05) is 19.1 Å². The molecule has 4 heteroatoms. The lowest BCUT2D eigenvalue weighted by molar-refractivity contribution is 0.0950. The van der Waals surface area contributed by atoms with Gasteiger partial charge < -0.3 is 11.1 Å². The van der Waals surface area contributed by atoms with E-state index in [0.29, 0.717) is 22.8 Å². The minimum Gasteiger partial charge on any atom is -0.398 e. The first-order chi connectivity index (χ1) is 9.08. The van der Waals surface area contributed by atoms with E-state index in [0.717, 1.165) is 11.1 Å². The van der Waals surface area contributed by atoms with E-state index in [-0.39, 0.29) is 5.91 Å². The largest absolute Gasteiger partial charge is 0.398 e. The lowest BCUT2D eigenvalue weighted by Gasteiger charge is -2.09. The molecule has 0 aliphatic carbocycles. The second-order valence-electron chi connectivity index (χ2n) is 4.33. The molecule has 0 aliphatic heterocycles. The summed E-state index contributed by atoms with van der Waals surface area (Å²) in [7, 11) is 0. The number of nitrogen functional groups attached to an aromatic ring is 1. The lowest BCUT2D eigenvalue weighted by atomic mass is 10.1. The Kier molecular flexibility index (Phi) is 4.07. The van der Waals surface area contributed by atoms with Crippen LogP contribution in [0.1, 0.15) is 21.5 Å². The number of carbonyl (C=O) groups excluding carboxylic acids is 1. The van der Waals surface area contributed by atoms with Crippen LogP contribution in [0.25, 0.3) is 0 Å². The Bertz CT molecular complexity index is 594. The van der Waals surface area contributed by atoms with Crippen molar-refractivity contribution in [3.05, 3.63) is 64.2 Å². The molecule has 1 amide bonds. The van der Waals surface area contributed by atoms with E-state index in [9.17, 15) is 4.79 Å². The Morgan fingerprint density at radius 1 is 1.21 bits per heavy atom. The molecule has 98 valence electrons. The number of carbonyl (C=O) groups is 1. The van der Waals surface area contributed by atoms with Gasteiger partial charge in [0.2, 0.25) is 0 Å². The monoisotopic (exact) mass is 274 g/mol. The van der Waals surface area contributed by atoms with Crippen LogP contribution < -0.4 is 11.1 Å². The second-order valence-corrected chi connectivity index (χ2v) is 4.77. The molecule has 3 nitrogen and oxygen atoms in total. The highest BCUT2D eigenvalue weighted by atomic mass is 35.5. The van der Waals surface area contributed by atoms with Crippen molar-refractivity contribution in [2.45, 2.75) is 13.5 Å². The van der Waals surface area contributed by atoms with Gasteiger partial charge in [0.05, 0.1) is 0 Å². The number of rotatable bonds is 3. The highest BCUT2D eigenvalue weighted by Gasteiger charge is 2.09. The van der Waals surface area contributed by atoms with Crippen LogP contribution in [-0.4, -0.2) is 5.91 Å². The summed E-state index contributed by atoms with van der Waals surface area (Å²) in [6.07, 6.45) is 0. The van der Waals surface area contributed by atoms with Crippen LogP contribution in [0.4, 0.5) is 5.69 Å². The van der Waals surface area contributed by atoms with Gasteiger partial charge in [-0.05, 0) is 42.3 Å². The van der Waals surface area contributed by atoms with Crippen LogP contribution in [0.5, 0.6) is 0 Å². The number of hydrogen-bond donors (Lipinski definition) is 2. The molecule has 2 rings (SSSR count). The van der Waals surface area contributed by atoms with E-state index >= 15 is 0 Å².